The fourth-order valence-corrected chi connectivity index (χ4v) is 2.43. The van der Waals surface area contributed by atoms with Gasteiger partial charge in [-0.1, -0.05) is 12.1 Å². The number of amides is 3. The van der Waals surface area contributed by atoms with Gasteiger partial charge in [0.05, 0.1) is 24.7 Å². The van der Waals surface area contributed by atoms with Crippen molar-refractivity contribution in [3.63, 3.8) is 0 Å². The van der Waals surface area contributed by atoms with E-state index < -0.39 is 29.6 Å². The van der Waals surface area contributed by atoms with Crippen LogP contribution in [0.25, 0.3) is 10.9 Å². The summed E-state index contributed by atoms with van der Waals surface area (Å²) in [5, 5.41) is 9.24. The van der Waals surface area contributed by atoms with Crippen LogP contribution in [0, 0.1) is 0 Å². The molecular formula is C19H24N4O5. The number of para-hydroxylation sites is 1. The van der Waals surface area contributed by atoms with Gasteiger partial charge >= 0.3 is 12.0 Å². The van der Waals surface area contributed by atoms with Crippen LogP contribution in [-0.2, 0) is 20.9 Å². The minimum atomic E-state index is -1.13. The van der Waals surface area contributed by atoms with Crippen LogP contribution >= 0.6 is 0 Å². The molecule has 0 bridgehead atoms. The maximum Gasteiger partial charge on any atom is 0.321 e. The zero-order chi connectivity index (χ0) is 20.9. The molecule has 2 aromatic rings. The van der Waals surface area contributed by atoms with E-state index in [1.54, 1.807) is 45.0 Å². The molecule has 1 heterocycles. The normalized spacial score (nSPS) is 12.3. The molecule has 0 saturated heterocycles. The lowest BCUT2D eigenvalue weighted by atomic mass is 10.1. The lowest BCUT2D eigenvalue weighted by Crippen LogP contribution is -2.50. The molecule has 3 amide bonds. The monoisotopic (exact) mass is 388 g/mol. The zero-order valence-electron chi connectivity index (χ0n) is 16.3. The van der Waals surface area contributed by atoms with Gasteiger partial charge in [-0.2, -0.15) is 5.10 Å². The Morgan fingerprint density at radius 1 is 1.21 bits per heavy atom. The van der Waals surface area contributed by atoms with Crippen molar-refractivity contribution in [2.45, 2.75) is 52.3 Å². The fourth-order valence-electron chi connectivity index (χ4n) is 2.43. The molecule has 1 atom stereocenters. The molecule has 9 heteroatoms. The van der Waals surface area contributed by atoms with Crippen LogP contribution in [-0.4, -0.2) is 39.3 Å². The summed E-state index contributed by atoms with van der Waals surface area (Å²) in [6.45, 7) is 6.88. The quantitative estimate of drug-likeness (QED) is 0.746. The summed E-state index contributed by atoms with van der Waals surface area (Å²) in [4.78, 5) is 47.5. The largest absolute Gasteiger partial charge is 0.452 e. The number of imide groups is 1. The smallest absolute Gasteiger partial charge is 0.321 e. The van der Waals surface area contributed by atoms with Crippen LogP contribution in [0.3, 0.4) is 0 Å². The number of fused-ring (bicyclic) bond motifs is 1. The van der Waals surface area contributed by atoms with E-state index in [4.69, 9.17) is 4.74 Å². The number of benzene rings is 1. The Labute approximate surface area is 162 Å². The van der Waals surface area contributed by atoms with Gasteiger partial charge < -0.3 is 10.1 Å². The Kier molecular flexibility index (Phi) is 6.50. The minimum Gasteiger partial charge on any atom is -0.452 e. The number of urea groups is 1. The molecule has 0 spiro atoms. The van der Waals surface area contributed by atoms with E-state index in [2.05, 4.69) is 15.7 Å². The summed E-state index contributed by atoms with van der Waals surface area (Å²) >= 11 is 0. The van der Waals surface area contributed by atoms with Gasteiger partial charge in [0.15, 0.2) is 6.10 Å². The second kappa shape index (κ2) is 8.64. The lowest BCUT2D eigenvalue weighted by molar-refractivity contribution is -0.154. The number of hydrogen-bond donors (Lipinski definition) is 2. The number of ether oxygens (including phenoxy) is 1. The van der Waals surface area contributed by atoms with Gasteiger partial charge in [-0.15, -0.1) is 0 Å². The predicted octanol–water partition coefficient (Wildman–Crippen LogP) is 1.34. The Hall–Kier alpha value is -3.23. The van der Waals surface area contributed by atoms with Crippen molar-refractivity contribution in [1.82, 2.24) is 20.4 Å². The van der Waals surface area contributed by atoms with E-state index >= 15 is 0 Å². The van der Waals surface area contributed by atoms with E-state index in [-0.39, 0.29) is 18.4 Å². The first-order valence-electron chi connectivity index (χ1n) is 8.84. The number of rotatable bonds is 5. The number of nitrogens with zero attached hydrogens (tertiary/aromatic N) is 2. The highest BCUT2D eigenvalue weighted by Crippen LogP contribution is 2.09. The molecule has 1 aromatic heterocycles. The molecule has 150 valence electrons. The molecule has 9 nitrogen and oxygen atoms in total. The number of aromatic nitrogens is 2. The highest BCUT2D eigenvalue weighted by atomic mass is 16.5. The van der Waals surface area contributed by atoms with Crippen LogP contribution < -0.4 is 16.1 Å². The number of nitrogens with one attached hydrogen (secondary N) is 2. The maximum atomic E-state index is 12.0. The second-order valence-electron chi connectivity index (χ2n) is 7.32. The molecule has 0 aliphatic rings. The van der Waals surface area contributed by atoms with Crippen LogP contribution in [0.2, 0.25) is 0 Å². The Morgan fingerprint density at radius 3 is 2.57 bits per heavy atom. The topological polar surface area (TPSA) is 119 Å². The highest BCUT2D eigenvalue weighted by molar-refractivity contribution is 5.97. The van der Waals surface area contributed by atoms with Crippen molar-refractivity contribution < 1.29 is 19.1 Å². The average Bonchev–Trinajstić information content (AvgIpc) is 2.59. The van der Waals surface area contributed by atoms with Crippen molar-refractivity contribution in [2.75, 3.05) is 0 Å². The van der Waals surface area contributed by atoms with E-state index in [0.29, 0.717) is 10.9 Å². The third-order valence-corrected chi connectivity index (χ3v) is 3.69. The van der Waals surface area contributed by atoms with Gasteiger partial charge in [-0.25, -0.2) is 4.79 Å². The van der Waals surface area contributed by atoms with Crippen LogP contribution in [0.1, 0.15) is 34.1 Å². The molecule has 2 N–H and O–H groups in total. The Bertz CT molecular complexity index is 945. The molecule has 0 aliphatic heterocycles. The molecular weight excluding hydrogens is 364 g/mol. The first-order chi connectivity index (χ1) is 13.1. The van der Waals surface area contributed by atoms with Crippen molar-refractivity contribution >= 4 is 28.8 Å². The van der Waals surface area contributed by atoms with Crippen molar-refractivity contribution in [1.29, 1.82) is 0 Å². The van der Waals surface area contributed by atoms with E-state index in [1.807, 2.05) is 0 Å². The van der Waals surface area contributed by atoms with Crippen LogP contribution in [0.15, 0.2) is 35.3 Å². The summed E-state index contributed by atoms with van der Waals surface area (Å²) in [6, 6.07) is 6.28. The van der Waals surface area contributed by atoms with Crippen LogP contribution in [0.5, 0.6) is 0 Å². The summed E-state index contributed by atoms with van der Waals surface area (Å²) in [7, 11) is 0. The first-order valence-corrected chi connectivity index (χ1v) is 8.84. The standard InChI is InChI=1S/C19H24N4O5/c1-12(17(26)21-18(27)22-19(2,3)4)28-16(25)9-10-23-14-8-6-5-7-13(14)15(24)11-20-23/h5-8,11-12H,9-10H2,1-4H3,(H2,21,22,26,27)/t12-/m1/s1. The van der Waals surface area contributed by atoms with E-state index in [1.165, 1.54) is 17.8 Å². The summed E-state index contributed by atoms with van der Waals surface area (Å²) in [5.41, 5.74) is -0.0996. The summed E-state index contributed by atoms with van der Waals surface area (Å²) in [5.74, 6) is -1.34. The van der Waals surface area contributed by atoms with Crippen molar-refractivity contribution in [3.05, 3.63) is 40.7 Å². The molecule has 0 unspecified atom stereocenters. The SMILES string of the molecule is C[C@@H](OC(=O)CCn1ncc(=O)c2ccccc21)C(=O)NC(=O)NC(C)(C)C. The molecule has 0 aliphatic carbocycles. The number of hydrogen-bond acceptors (Lipinski definition) is 6. The van der Waals surface area contributed by atoms with Gasteiger partial charge in [-0.05, 0) is 39.8 Å². The highest BCUT2D eigenvalue weighted by Gasteiger charge is 2.22. The first kappa shape index (κ1) is 21.1. The molecule has 0 radical (unpaired) electrons. The summed E-state index contributed by atoms with van der Waals surface area (Å²) < 4.78 is 6.59. The molecule has 2 rings (SSSR count). The third-order valence-electron chi connectivity index (χ3n) is 3.69. The maximum absolute atomic E-state index is 12.0. The third kappa shape index (κ3) is 5.90. The number of aryl methyl sites for hydroxylation is 1. The second-order valence-corrected chi connectivity index (χ2v) is 7.32. The molecule has 28 heavy (non-hydrogen) atoms. The molecule has 0 saturated carbocycles. The van der Waals surface area contributed by atoms with Crippen molar-refractivity contribution in [3.8, 4) is 0 Å². The number of carbonyl (C=O) groups excluding carboxylic acids is 3. The van der Waals surface area contributed by atoms with Gasteiger partial charge in [0.2, 0.25) is 5.43 Å². The minimum absolute atomic E-state index is 0.0499. The lowest BCUT2D eigenvalue weighted by Gasteiger charge is -2.21. The fraction of sp³-hybridized carbons (Fsp3) is 0.421. The molecule has 0 fully saturated rings. The van der Waals surface area contributed by atoms with Gasteiger partial charge in [-0.3, -0.25) is 24.4 Å². The average molecular weight is 388 g/mol. The number of esters is 1. The Balaban J connectivity index is 1.90. The zero-order valence-corrected chi connectivity index (χ0v) is 16.3. The number of carbonyl (C=O) groups is 3. The van der Waals surface area contributed by atoms with E-state index in [0.717, 1.165) is 0 Å². The predicted molar refractivity (Wildman–Crippen MR) is 103 cm³/mol. The van der Waals surface area contributed by atoms with Gasteiger partial charge in [0.1, 0.15) is 0 Å². The van der Waals surface area contributed by atoms with Gasteiger partial charge in [0, 0.05) is 10.9 Å². The van der Waals surface area contributed by atoms with Crippen molar-refractivity contribution in [2.24, 2.45) is 0 Å². The molecule has 1 aromatic carbocycles. The Morgan fingerprint density at radius 2 is 1.89 bits per heavy atom. The van der Waals surface area contributed by atoms with E-state index in [9.17, 15) is 19.2 Å². The summed E-state index contributed by atoms with van der Waals surface area (Å²) in [6.07, 6.45) is 0.0143. The van der Waals surface area contributed by atoms with Crippen LogP contribution in [0.4, 0.5) is 4.79 Å². The van der Waals surface area contributed by atoms with Gasteiger partial charge in [0.25, 0.3) is 5.91 Å².